The largest absolute Gasteiger partial charge is 0.393 e. The van der Waals surface area contributed by atoms with Gasteiger partial charge in [0.1, 0.15) is 0 Å². The number of hydrogen-bond acceptors (Lipinski definition) is 4. The van der Waals surface area contributed by atoms with Crippen LogP contribution in [-0.2, 0) is 4.74 Å². The molecular formula is C26H40O4. The lowest BCUT2D eigenvalue weighted by Gasteiger charge is -2.56. The van der Waals surface area contributed by atoms with Gasteiger partial charge in [-0.15, -0.1) is 0 Å². The first-order chi connectivity index (χ1) is 14.0. The van der Waals surface area contributed by atoms with Crippen LogP contribution >= 0.6 is 0 Å². The SMILES string of the molecule is CC(OCCC(C)(C)O)C1=CC[C@H]2C3=CC=C4CC(O)CC(O)[C@]4(C)[C@H]3CC[C@]12C. The van der Waals surface area contributed by atoms with Gasteiger partial charge in [-0.25, -0.2) is 0 Å². The summed E-state index contributed by atoms with van der Waals surface area (Å²) >= 11 is 0. The zero-order valence-corrected chi connectivity index (χ0v) is 19.3. The Bertz CT molecular complexity index is 772. The predicted molar refractivity (Wildman–Crippen MR) is 119 cm³/mol. The minimum atomic E-state index is -0.699. The molecule has 0 radical (unpaired) electrons. The number of ether oxygens (including phenoxy) is 1. The Hall–Kier alpha value is -0.940. The van der Waals surface area contributed by atoms with Crippen LogP contribution in [0.5, 0.6) is 0 Å². The molecule has 30 heavy (non-hydrogen) atoms. The van der Waals surface area contributed by atoms with Crippen molar-refractivity contribution < 1.29 is 20.1 Å². The Balaban J connectivity index is 1.54. The van der Waals surface area contributed by atoms with Crippen molar-refractivity contribution in [2.75, 3.05) is 6.61 Å². The summed E-state index contributed by atoms with van der Waals surface area (Å²) in [5.74, 6) is 0.817. The second-order valence-electron chi connectivity index (χ2n) is 11.3. The Morgan fingerprint density at radius 1 is 1.20 bits per heavy atom. The standard InChI is InChI=1S/C26H40O4/c1-16(30-13-12-24(2,3)29)20-8-9-21-19-7-6-17-14-18(27)15-23(28)26(17,5)22(19)10-11-25(20,21)4/h6-8,16,18,21-23,27-29H,9-15H2,1-5H3/t16?,18?,21-,22-,23?,25+,26-/m0/s1. The highest BCUT2D eigenvalue weighted by Crippen LogP contribution is 2.64. The van der Waals surface area contributed by atoms with Crippen LogP contribution in [0.1, 0.15) is 73.1 Å². The van der Waals surface area contributed by atoms with E-state index in [2.05, 4.69) is 39.0 Å². The monoisotopic (exact) mass is 416 g/mol. The van der Waals surface area contributed by atoms with Crippen LogP contribution in [0.4, 0.5) is 0 Å². The van der Waals surface area contributed by atoms with Crippen LogP contribution in [0.2, 0.25) is 0 Å². The molecule has 4 heteroatoms. The molecule has 0 spiro atoms. The van der Waals surface area contributed by atoms with Crippen LogP contribution in [0.15, 0.2) is 34.9 Å². The minimum Gasteiger partial charge on any atom is -0.393 e. The van der Waals surface area contributed by atoms with E-state index in [1.807, 2.05) is 13.8 Å². The molecular weight excluding hydrogens is 376 g/mol. The van der Waals surface area contributed by atoms with E-state index in [-0.39, 0.29) is 16.9 Å². The van der Waals surface area contributed by atoms with Gasteiger partial charge in [-0.1, -0.05) is 43.2 Å². The van der Waals surface area contributed by atoms with Crippen molar-refractivity contribution in [3.05, 3.63) is 34.9 Å². The fourth-order valence-corrected chi connectivity index (χ4v) is 6.87. The first-order valence-corrected chi connectivity index (χ1v) is 11.8. The molecule has 2 saturated carbocycles. The quantitative estimate of drug-likeness (QED) is 0.584. The van der Waals surface area contributed by atoms with Gasteiger partial charge in [0.05, 0.1) is 30.5 Å². The molecule has 3 N–H and O–H groups in total. The van der Waals surface area contributed by atoms with E-state index in [0.29, 0.717) is 37.7 Å². The average molecular weight is 417 g/mol. The van der Waals surface area contributed by atoms with Crippen molar-refractivity contribution in [2.24, 2.45) is 22.7 Å². The lowest BCUT2D eigenvalue weighted by Crippen LogP contribution is -2.52. The summed E-state index contributed by atoms with van der Waals surface area (Å²) in [6, 6.07) is 0. The summed E-state index contributed by atoms with van der Waals surface area (Å²) in [5, 5.41) is 31.2. The topological polar surface area (TPSA) is 69.9 Å². The lowest BCUT2D eigenvalue weighted by molar-refractivity contribution is -0.0506. The average Bonchev–Trinajstić information content (AvgIpc) is 2.99. The van der Waals surface area contributed by atoms with Gasteiger partial charge in [-0.3, -0.25) is 0 Å². The predicted octanol–water partition coefficient (Wildman–Crippen LogP) is 4.30. The Morgan fingerprint density at radius 2 is 1.93 bits per heavy atom. The molecule has 4 rings (SSSR count). The molecule has 0 heterocycles. The van der Waals surface area contributed by atoms with Crippen molar-refractivity contribution >= 4 is 0 Å². The number of allylic oxidation sites excluding steroid dienone is 4. The van der Waals surface area contributed by atoms with Crippen LogP contribution < -0.4 is 0 Å². The van der Waals surface area contributed by atoms with Gasteiger partial charge in [0.15, 0.2) is 0 Å². The van der Waals surface area contributed by atoms with E-state index < -0.39 is 17.8 Å². The van der Waals surface area contributed by atoms with Gasteiger partial charge in [0.2, 0.25) is 0 Å². The minimum absolute atomic E-state index is 0.0557. The lowest BCUT2D eigenvalue weighted by atomic mass is 9.49. The van der Waals surface area contributed by atoms with Crippen molar-refractivity contribution in [3.63, 3.8) is 0 Å². The summed E-state index contributed by atoms with van der Waals surface area (Å²) in [5.41, 5.74) is 3.26. The van der Waals surface area contributed by atoms with Crippen molar-refractivity contribution in [3.8, 4) is 0 Å². The molecule has 4 nitrogen and oxygen atoms in total. The van der Waals surface area contributed by atoms with E-state index in [1.165, 1.54) is 16.7 Å². The summed E-state index contributed by atoms with van der Waals surface area (Å²) in [7, 11) is 0. The molecule has 0 aromatic heterocycles. The third kappa shape index (κ3) is 3.54. The molecule has 3 unspecified atom stereocenters. The zero-order chi connectivity index (χ0) is 21.9. The Kier molecular flexibility index (Phi) is 5.63. The van der Waals surface area contributed by atoms with Crippen molar-refractivity contribution in [2.45, 2.75) is 97.1 Å². The normalized spacial score (nSPS) is 41.8. The first-order valence-electron chi connectivity index (χ1n) is 11.8. The number of fused-ring (bicyclic) bond motifs is 5. The third-order valence-corrected chi connectivity index (χ3v) is 8.81. The van der Waals surface area contributed by atoms with E-state index in [9.17, 15) is 15.3 Å². The smallest absolute Gasteiger partial charge is 0.0762 e. The van der Waals surface area contributed by atoms with E-state index in [1.54, 1.807) is 0 Å². The highest BCUT2D eigenvalue weighted by atomic mass is 16.5. The Labute approximate surface area is 181 Å². The van der Waals surface area contributed by atoms with Crippen LogP contribution in [0.3, 0.4) is 0 Å². The maximum absolute atomic E-state index is 11.0. The fourth-order valence-electron chi connectivity index (χ4n) is 6.87. The maximum Gasteiger partial charge on any atom is 0.0762 e. The van der Waals surface area contributed by atoms with E-state index in [0.717, 1.165) is 19.3 Å². The van der Waals surface area contributed by atoms with Gasteiger partial charge in [0, 0.05) is 11.8 Å². The van der Waals surface area contributed by atoms with Crippen LogP contribution in [0.25, 0.3) is 0 Å². The molecule has 0 aliphatic heterocycles. The van der Waals surface area contributed by atoms with Gasteiger partial charge < -0.3 is 20.1 Å². The molecule has 0 saturated heterocycles. The van der Waals surface area contributed by atoms with Crippen LogP contribution in [0, 0.1) is 22.7 Å². The maximum atomic E-state index is 11.0. The van der Waals surface area contributed by atoms with E-state index in [4.69, 9.17) is 4.74 Å². The first kappa shape index (κ1) is 22.3. The highest BCUT2D eigenvalue weighted by molar-refractivity contribution is 5.43. The van der Waals surface area contributed by atoms with Gasteiger partial charge in [-0.2, -0.15) is 0 Å². The summed E-state index contributed by atoms with van der Waals surface area (Å²) in [6.45, 7) is 11.0. The molecule has 2 fully saturated rings. The van der Waals surface area contributed by atoms with Crippen molar-refractivity contribution in [1.82, 2.24) is 0 Å². The van der Waals surface area contributed by atoms with Crippen molar-refractivity contribution in [1.29, 1.82) is 0 Å². The second kappa shape index (κ2) is 7.58. The molecule has 4 aliphatic carbocycles. The number of aliphatic hydroxyl groups is 3. The summed E-state index contributed by atoms with van der Waals surface area (Å²) < 4.78 is 6.16. The molecule has 168 valence electrons. The summed E-state index contributed by atoms with van der Waals surface area (Å²) in [4.78, 5) is 0. The Morgan fingerprint density at radius 3 is 2.63 bits per heavy atom. The van der Waals surface area contributed by atoms with Gasteiger partial charge in [0.25, 0.3) is 0 Å². The molecule has 7 atom stereocenters. The van der Waals surface area contributed by atoms with Crippen LogP contribution in [-0.4, -0.2) is 45.8 Å². The zero-order valence-electron chi connectivity index (χ0n) is 19.3. The van der Waals surface area contributed by atoms with E-state index >= 15 is 0 Å². The highest BCUT2D eigenvalue weighted by Gasteiger charge is 2.57. The molecule has 0 bridgehead atoms. The number of aliphatic hydroxyl groups excluding tert-OH is 2. The number of rotatable bonds is 5. The molecule has 0 aromatic rings. The second-order valence-corrected chi connectivity index (χ2v) is 11.3. The number of hydrogen-bond donors (Lipinski definition) is 3. The molecule has 0 aromatic carbocycles. The van der Waals surface area contributed by atoms with Gasteiger partial charge >= 0.3 is 0 Å². The third-order valence-electron chi connectivity index (χ3n) is 8.81. The molecule has 0 amide bonds. The van der Waals surface area contributed by atoms with Gasteiger partial charge in [-0.05, 0) is 75.7 Å². The molecule has 4 aliphatic rings. The fraction of sp³-hybridized carbons (Fsp3) is 0.769. The summed E-state index contributed by atoms with van der Waals surface area (Å²) in [6.07, 6.45) is 11.0.